The Morgan fingerprint density at radius 1 is 1.38 bits per heavy atom. The van der Waals surface area contributed by atoms with Crippen molar-refractivity contribution in [3.05, 3.63) is 30.3 Å². The molecule has 2 N–H and O–H groups in total. The number of aromatic nitrogens is 4. The monoisotopic (exact) mass is 281 g/mol. The second kappa shape index (κ2) is 5.67. The molecule has 0 amide bonds. The van der Waals surface area contributed by atoms with Gasteiger partial charge in [0.15, 0.2) is 17.2 Å². The molecular weight excluding hydrogens is 266 g/mol. The summed E-state index contributed by atoms with van der Waals surface area (Å²) in [5.41, 5.74) is 7.01. The van der Waals surface area contributed by atoms with Crippen LogP contribution in [0.3, 0.4) is 0 Å². The maximum Gasteiger partial charge on any atom is 0.218 e. The zero-order valence-electron chi connectivity index (χ0n) is 11.7. The summed E-state index contributed by atoms with van der Waals surface area (Å²) in [7, 11) is 0. The summed E-state index contributed by atoms with van der Waals surface area (Å²) in [5, 5.41) is 4.35. The van der Waals surface area contributed by atoms with Gasteiger partial charge in [0.2, 0.25) is 5.82 Å². The Morgan fingerprint density at radius 2 is 2.29 bits per heavy atom. The van der Waals surface area contributed by atoms with Crippen LogP contribution in [0, 0.1) is 11.8 Å². The normalized spacial score (nSPS) is 10.5. The van der Waals surface area contributed by atoms with E-state index in [9.17, 15) is 0 Å². The maximum absolute atomic E-state index is 5.92. The first-order chi connectivity index (χ1) is 10.3. The predicted octanol–water partition coefficient (Wildman–Crippen LogP) is 2.51. The number of nitrogen functional groups attached to an aromatic ring is 1. The molecule has 6 nitrogen and oxygen atoms in total. The number of hydrogen-bond donors (Lipinski definition) is 1. The molecule has 106 valence electrons. The van der Waals surface area contributed by atoms with Gasteiger partial charge in [0.05, 0.1) is 12.5 Å². The third kappa shape index (κ3) is 2.72. The lowest BCUT2D eigenvalue weighted by atomic mass is 10.2. The summed E-state index contributed by atoms with van der Waals surface area (Å²) in [5.74, 6) is 7.46. The summed E-state index contributed by atoms with van der Waals surface area (Å²) in [4.78, 5) is 8.57. The lowest BCUT2D eigenvalue weighted by molar-refractivity contribution is 0.577. The predicted molar refractivity (Wildman–Crippen MR) is 79.3 cm³/mol. The molecule has 3 aromatic heterocycles. The molecule has 0 aromatic carbocycles. The molecule has 0 aliphatic heterocycles. The van der Waals surface area contributed by atoms with E-state index in [1.54, 1.807) is 29.1 Å². The first-order valence-electron chi connectivity index (χ1n) is 6.83. The Bertz CT molecular complexity index is 808. The van der Waals surface area contributed by atoms with Crippen LogP contribution in [0.5, 0.6) is 0 Å². The van der Waals surface area contributed by atoms with Gasteiger partial charge in [-0.3, -0.25) is 0 Å². The molecule has 21 heavy (non-hydrogen) atoms. The molecule has 3 aromatic rings. The first kappa shape index (κ1) is 13.2. The van der Waals surface area contributed by atoms with Gasteiger partial charge in [-0.25, -0.2) is 14.5 Å². The molecule has 0 saturated heterocycles. The van der Waals surface area contributed by atoms with E-state index in [1.807, 2.05) is 0 Å². The molecule has 0 atom stereocenters. The van der Waals surface area contributed by atoms with Crippen LogP contribution in [0.25, 0.3) is 17.2 Å². The fourth-order valence-corrected chi connectivity index (χ4v) is 1.90. The highest BCUT2D eigenvalue weighted by Crippen LogP contribution is 2.18. The highest BCUT2D eigenvalue weighted by atomic mass is 16.3. The van der Waals surface area contributed by atoms with E-state index in [2.05, 4.69) is 33.8 Å². The quantitative estimate of drug-likeness (QED) is 0.589. The van der Waals surface area contributed by atoms with Gasteiger partial charge < -0.3 is 10.2 Å². The zero-order chi connectivity index (χ0) is 14.7. The number of rotatable bonds is 3. The molecule has 0 bridgehead atoms. The van der Waals surface area contributed by atoms with Gasteiger partial charge in [-0.1, -0.05) is 19.3 Å². The fourth-order valence-electron chi connectivity index (χ4n) is 1.90. The van der Waals surface area contributed by atoms with Gasteiger partial charge in [-0.05, 0) is 24.5 Å². The van der Waals surface area contributed by atoms with Crippen molar-refractivity contribution in [2.45, 2.75) is 26.2 Å². The minimum absolute atomic E-state index is 0.308. The summed E-state index contributed by atoms with van der Waals surface area (Å²) >= 11 is 0. The molecule has 3 heterocycles. The van der Waals surface area contributed by atoms with Crippen molar-refractivity contribution < 1.29 is 4.42 Å². The number of unbranched alkanes of at least 4 members (excludes halogenated alkanes) is 2. The van der Waals surface area contributed by atoms with E-state index >= 15 is 0 Å². The van der Waals surface area contributed by atoms with Gasteiger partial charge in [0.25, 0.3) is 0 Å². The molecule has 0 fully saturated rings. The minimum Gasteiger partial charge on any atom is -0.461 e. The van der Waals surface area contributed by atoms with E-state index in [1.165, 1.54) is 0 Å². The van der Waals surface area contributed by atoms with Gasteiger partial charge in [0, 0.05) is 6.42 Å². The molecule has 0 aliphatic rings. The summed E-state index contributed by atoms with van der Waals surface area (Å²) in [6.07, 6.45) is 6.36. The van der Waals surface area contributed by atoms with Crippen LogP contribution in [-0.4, -0.2) is 19.6 Å². The lowest BCUT2D eigenvalue weighted by Crippen LogP contribution is -2.00. The lowest BCUT2D eigenvalue weighted by Gasteiger charge is -1.96. The van der Waals surface area contributed by atoms with Crippen molar-refractivity contribution in [3.8, 4) is 23.4 Å². The summed E-state index contributed by atoms with van der Waals surface area (Å²) in [6, 6.07) is 3.58. The third-order valence-electron chi connectivity index (χ3n) is 2.96. The van der Waals surface area contributed by atoms with Gasteiger partial charge in [-0.2, -0.15) is 0 Å². The fraction of sp³-hybridized carbons (Fsp3) is 0.267. The number of anilines is 1. The molecule has 3 rings (SSSR count). The maximum atomic E-state index is 5.92. The van der Waals surface area contributed by atoms with Gasteiger partial charge in [0.1, 0.15) is 5.69 Å². The Kier molecular flexibility index (Phi) is 3.56. The van der Waals surface area contributed by atoms with Crippen molar-refractivity contribution in [1.82, 2.24) is 19.6 Å². The van der Waals surface area contributed by atoms with Gasteiger partial charge >= 0.3 is 0 Å². The zero-order valence-corrected chi connectivity index (χ0v) is 11.7. The largest absolute Gasteiger partial charge is 0.461 e. The molecule has 0 unspecified atom stereocenters. The Labute approximate surface area is 122 Å². The highest BCUT2D eigenvalue weighted by Gasteiger charge is 2.12. The van der Waals surface area contributed by atoms with Crippen LogP contribution in [0.15, 0.2) is 29.0 Å². The second-order valence-electron chi connectivity index (χ2n) is 4.60. The van der Waals surface area contributed by atoms with E-state index in [-0.39, 0.29) is 0 Å². The van der Waals surface area contributed by atoms with E-state index in [0.717, 1.165) is 19.3 Å². The molecule has 0 spiro atoms. The van der Waals surface area contributed by atoms with Crippen LogP contribution >= 0.6 is 0 Å². The van der Waals surface area contributed by atoms with E-state index in [4.69, 9.17) is 10.2 Å². The Morgan fingerprint density at radius 3 is 3.05 bits per heavy atom. The van der Waals surface area contributed by atoms with Crippen molar-refractivity contribution in [1.29, 1.82) is 0 Å². The number of fused-ring (bicyclic) bond motifs is 1. The topological polar surface area (TPSA) is 82.2 Å². The SMILES string of the molecule is CCCCC#Cc1cn2nc(-c3ccco3)nc2c(N)n1. The number of nitrogens with zero attached hydrogens (tertiary/aromatic N) is 4. The Balaban J connectivity index is 1.97. The van der Waals surface area contributed by atoms with Crippen LogP contribution in [0.4, 0.5) is 5.82 Å². The molecule has 6 heteroatoms. The highest BCUT2D eigenvalue weighted by molar-refractivity contribution is 5.63. The smallest absolute Gasteiger partial charge is 0.218 e. The number of hydrogen-bond acceptors (Lipinski definition) is 5. The third-order valence-corrected chi connectivity index (χ3v) is 2.96. The molecule has 0 aliphatic carbocycles. The van der Waals surface area contributed by atoms with Crippen LogP contribution in [-0.2, 0) is 0 Å². The average molecular weight is 281 g/mol. The molecule has 0 saturated carbocycles. The molecular formula is C15H15N5O. The second-order valence-corrected chi connectivity index (χ2v) is 4.60. The Hall–Kier alpha value is -2.81. The van der Waals surface area contributed by atoms with E-state index in [0.29, 0.717) is 28.7 Å². The standard InChI is InChI=1S/C15H15N5O/c1-2-3-4-5-7-11-10-20-15(13(16)17-11)18-14(19-20)12-8-6-9-21-12/h6,8-10H,2-4H2,1H3,(H2,16,17). The van der Waals surface area contributed by atoms with Crippen molar-refractivity contribution in [3.63, 3.8) is 0 Å². The van der Waals surface area contributed by atoms with Crippen molar-refractivity contribution in [2.24, 2.45) is 0 Å². The van der Waals surface area contributed by atoms with Crippen molar-refractivity contribution >= 4 is 11.5 Å². The molecule has 0 radical (unpaired) electrons. The van der Waals surface area contributed by atoms with Gasteiger partial charge in [-0.15, -0.1) is 5.10 Å². The van der Waals surface area contributed by atoms with Crippen molar-refractivity contribution in [2.75, 3.05) is 5.73 Å². The average Bonchev–Trinajstić information content (AvgIpc) is 3.12. The van der Waals surface area contributed by atoms with Crippen LogP contribution in [0.2, 0.25) is 0 Å². The number of furan rings is 1. The minimum atomic E-state index is 0.308. The summed E-state index contributed by atoms with van der Waals surface area (Å²) in [6.45, 7) is 2.13. The van der Waals surface area contributed by atoms with Crippen LogP contribution in [0.1, 0.15) is 31.9 Å². The summed E-state index contributed by atoms with van der Waals surface area (Å²) < 4.78 is 6.87. The van der Waals surface area contributed by atoms with Crippen LogP contribution < -0.4 is 5.73 Å². The first-order valence-corrected chi connectivity index (χ1v) is 6.83. The number of nitrogens with two attached hydrogens (primary N) is 1. The van der Waals surface area contributed by atoms with E-state index < -0.39 is 0 Å².